The van der Waals surface area contributed by atoms with E-state index in [0.717, 1.165) is 5.56 Å². The van der Waals surface area contributed by atoms with E-state index < -0.39 is 48.3 Å². The molecule has 0 aliphatic rings. The minimum absolute atomic E-state index is 0. The summed E-state index contributed by atoms with van der Waals surface area (Å²) >= 11 is 4.95. The first kappa shape index (κ1) is 34.1. The van der Waals surface area contributed by atoms with Crippen molar-refractivity contribution in [3.05, 3.63) is 65.7 Å². The number of aryl methyl sites for hydroxylation is 1. The molecule has 0 aliphatic heterocycles. The fraction of sp³-hybridized carbons (Fsp3) is 0.333. The third-order valence-corrected chi connectivity index (χ3v) is 5.49. The Morgan fingerprint density at radius 2 is 1.57 bits per heavy atom. The Labute approximate surface area is 234 Å². The molecule has 0 saturated heterocycles. The van der Waals surface area contributed by atoms with Gasteiger partial charge in [0.05, 0.1) is 24.7 Å². The first-order valence-electron chi connectivity index (χ1n) is 11.0. The zero-order valence-electron chi connectivity index (χ0n) is 19.8. The van der Waals surface area contributed by atoms with Crippen molar-refractivity contribution < 1.29 is 50.5 Å². The van der Waals surface area contributed by atoms with Gasteiger partial charge in [0.1, 0.15) is 0 Å². The molecule has 0 saturated carbocycles. The summed E-state index contributed by atoms with van der Waals surface area (Å²) in [6, 6.07) is 12.1. The molecular weight excluding hydrogens is 673 g/mol. The molecule has 0 fully saturated rings. The molecule has 13 heteroatoms. The van der Waals surface area contributed by atoms with Gasteiger partial charge >= 0.3 is 0 Å². The summed E-state index contributed by atoms with van der Waals surface area (Å²) in [5, 5.41) is 37.5. The third-order valence-electron chi connectivity index (χ3n) is 5.15. The summed E-state index contributed by atoms with van der Waals surface area (Å²) < 4.78 is 0. The molecule has 37 heavy (non-hydrogen) atoms. The zero-order chi connectivity index (χ0) is 25.8. The van der Waals surface area contributed by atoms with Crippen LogP contribution in [0.5, 0.6) is 5.75 Å². The van der Waals surface area contributed by atoms with Crippen LogP contribution in [-0.4, -0.2) is 54.0 Å². The second kappa shape index (κ2) is 17.5. The van der Waals surface area contributed by atoms with Crippen LogP contribution in [0.1, 0.15) is 17.5 Å². The van der Waals surface area contributed by atoms with Crippen molar-refractivity contribution in [1.82, 2.24) is 16.0 Å². The molecule has 1 radical (unpaired) electrons. The number of hydrogen-bond donors (Lipinski definition) is 5. The Bertz CT molecular complexity index is 1010. The normalized spacial score (nSPS) is 12.5. The second-order valence-electron chi connectivity index (χ2n) is 7.91. The number of amides is 3. The van der Waals surface area contributed by atoms with Gasteiger partial charge in [-0.1, -0.05) is 54.6 Å². The molecule has 6 N–H and O–H groups in total. The predicted molar refractivity (Wildman–Crippen MR) is 130 cm³/mol. The van der Waals surface area contributed by atoms with Crippen LogP contribution in [0.4, 0.5) is 0 Å². The Hall–Kier alpha value is -2.95. The molecule has 0 aliphatic carbocycles. The van der Waals surface area contributed by atoms with Crippen molar-refractivity contribution in [1.29, 1.82) is 5.41 Å². The van der Waals surface area contributed by atoms with Crippen molar-refractivity contribution in [2.45, 2.75) is 37.4 Å². The van der Waals surface area contributed by atoms with E-state index >= 15 is 0 Å². The van der Waals surface area contributed by atoms with E-state index in [-0.39, 0.29) is 50.2 Å². The van der Waals surface area contributed by atoms with Gasteiger partial charge in [-0.05, 0) is 36.3 Å². The largest absolute Gasteiger partial charge is 2.00 e. The van der Waals surface area contributed by atoms with Crippen molar-refractivity contribution in [2.75, 3.05) is 12.3 Å². The molecule has 3 atom stereocenters. The average molecular weight is 701 g/mol. The summed E-state index contributed by atoms with van der Waals surface area (Å²) in [4.78, 5) is 37.0. The Balaban J connectivity index is 0.00000648. The number of benzene rings is 2. The SMILES string of the molecule is N=C([O-])[C@H](CCc1ccccc1)NC(=O)[C@H](C[S-])NC(=O)CNC(=O)[C@@H](N)Cc1ccc([O-])cc1.[O-2].[Re]. The van der Waals surface area contributed by atoms with Gasteiger partial charge in [-0.25, -0.2) is 0 Å². The molecule has 2 aromatic carbocycles. The van der Waals surface area contributed by atoms with Gasteiger partial charge < -0.3 is 55.4 Å². The summed E-state index contributed by atoms with van der Waals surface area (Å²) in [7, 11) is 0. The van der Waals surface area contributed by atoms with E-state index in [4.69, 9.17) is 23.8 Å². The average Bonchev–Trinajstić information content (AvgIpc) is 2.85. The molecule has 0 unspecified atom stereocenters. The molecular formula is C24H28N5O6ReS-5. The predicted octanol–water partition coefficient (Wildman–Crippen LogP) is -1.89. The van der Waals surface area contributed by atoms with Crippen molar-refractivity contribution in [3.63, 3.8) is 0 Å². The number of nitrogens with two attached hydrogens (primary N) is 1. The minimum atomic E-state index is -1.12. The molecule has 2 rings (SSSR count). The maximum absolute atomic E-state index is 12.6. The summed E-state index contributed by atoms with van der Waals surface area (Å²) in [6.45, 7) is -0.431. The van der Waals surface area contributed by atoms with Gasteiger partial charge in [-0.2, -0.15) is 0 Å². The number of hydrogen-bond acceptors (Lipinski definition) is 8. The molecule has 0 spiro atoms. The number of nitrogens with one attached hydrogen (secondary N) is 4. The topological polar surface area (TPSA) is 212 Å². The first-order valence-corrected chi connectivity index (χ1v) is 11.5. The van der Waals surface area contributed by atoms with Gasteiger partial charge in [0.15, 0.2) is 0 Å². The summed E-state index contributed by atoms with van der Waals surface area (Å²) in [6.07, 6.45) is 0.882. The summed E-state index contributed by atoms with van der Waals surface area (Å²) in [5.74, 6) is -3.20. The molecule has 0 aromatic heterocycles. The fourth-order valence-corrected chi connectivity index (χ4v) is 3.43. The van der Waals surface area contributed by atoms with E-state index in [2.05, 4.69) is 16.0 Å². The van der Waals surface area contributed by atoms with Gasteiger partial charge in [0.25, 0.3) is 0 Å². The van der Waals surface area contributed by atoms with Gasteiger partial charge in [0, 0.05) is 20.4 Å². The first-order chi connectivity index (χ1) is 16.7. The molecule has 11 nitrogen and oxygen atoms in total. The Kier molecular flexibility index (Phi) is 16.1. The number of rotatable bonds is 13. The third kappa shape index (κ3) is 12.2. The van der Waals surface area contributed by atoms with Crippen LogP contribution in [0.3, 0.4) is 0 Å². The van der Waals surface area contributed by atoms with Crippen LogP contribution in [0.2, 0.25) is 0 Å². The van der Waals surface area contributed by atoms with E-state index in [9.17, 15) is 24.6 Å². The van der Waals surface area contributed by atoms with Crippen LogP contribution in [-0.2, 0) is 65.8 Å². The molecule has 0 bridgehead atoms. The molecule has 2 aromatic rings. The van der Waals surface area contributed by atoms with Crippen LogP contribution in [0, 0.1) is 5.41 Å². The number of carbonyl (C=O) groups is 3. The van der Waals surface area contributed by atoms with Gasteiger partial charge in [-0.3, -0.25) is 14.4 Å². The zero-order valence-corrected chi connectivity index (χ0v) is 23.3. The second-order valence-corrected chi connectivity index (χ2v) is 8.24. The monoisotopic (exact) mass is 701 g/mol. The smallest absolute Gasteiger partial charge is 0.241 e. The molecule has 203 valence electrons. The van der Waals surface area contributed by atoms with Crippen LogP contribution in [0.15, 0.2) is 54.6 Å². The van der Waals surface area contributed by atoms with Crippen LogP contribution < -0.4 is 31.9 Å². The van der Waals surface area contributed by atoms with Crippen molar-refractivity contribution >= 4 is 36.2 Å². The van der Waals surface area contributed by atoms with E-state index in [1.807, 2.05) is 30.3 Å². The fourth-order valence-electron chi connectivity index (χ4n) is 3.20. The molecule has 0 heterocycles. The maximum Gasteiger partial charge on any atom is 0.241 e. The van der Waals surface area contributed by atoms with E-state index in [0.29, 0.717) is 12.0 Å². The Morgan fingerprint density at radius 3 is 2.14 bits per heavy atom. The molecule has 3 amide bonds. The standard InChI is InChI=1S/C24H31N5O5S.O.Re/c25-18(12-16-6-9-17(30)10-7-16)23(33)27-13-21(31)28-20(14-35)24(34)29-19(22(26)32)11-8-15-4-2-1-3-5-15;;/h1-7,9-10,18-20,30,35H,8,11-14,25H2,(H2,26,32)(H,27,33)(H,28,31)(H,29,34);;/q;-2;/p-3/t18-,19-,20-;;/m0../s1. The van der Waals surface area contributed by atoms with Gasteiger partial charge in [-0.15, -0.1) is 11.5 Å². The van der Waals surface area contributed by atoms with Crippen molar-refractivity contribution in [2.24, 2.45) is 5.73 Å². The summed E-state index contributed by atoms with van der Waals surface area (Å²) in [5.41, 5.74) is 7.51. The van der Waals surface area contributed by atoms with E-state index in [1.165, 1.54) is 12.1 Å². The quantitative estimate of drug-likeness (QED) is 0.0910. The van der Waals surface area contributed by atoms with Crippen LogP contribution >= 0.6 is 0 Å². The van der Waals surface area contributed by atoms with Crippen molar-refractivity contribution in [3.8, 4) is 5.75 Å². The minimum Gasteiger partial charge on any atom is -2.00 e. The van der Waals surface area contributed by atoms with E-state index in [1.54, 1.807) is 12.1 Å². The van der Waals surface area contributed by atoms with Gasteiger partial charge in [0.2, 0.25) is 17.7 Å². The maximum atomic E-state index is 12.6. The van der Waals surface area contributed by atoms with Crippen LogP contribution in [0.25, 0.3) is 0 Å². The number of carbonyl (C=O) groups excluding carboxylic acids is 3. The Morgan fingerprint density at radius 1 is 0.946 bits per heavy atom.